The van der Waals surface area contributed by atoms with E-state index in [9.17, 15) is 4.79 Å². The fraction of sp³-hybridized carbons (Fsp3) is 0.786. The van der Waals surface area contributed by atoms with Gasteiger partial charge >= 0.3 is 0 Å². The van der Waals surface area contributed by atoms with Crippen molar-refractivity contribution in [1.82, 2.24) is 10.2 Å². The van der Waals surface area contributed by atoms with Gasteiger partial charge in [0.05, 0.1) is 6.04 Å². The number of likely N-dealkylation sites (tertiary alicyclic amines) is 1. The highest BCUT2D eigenvalue weighted by Crippen LogP contribution is 2.19. The lowest BCUT2D eigenvalue weighted by Crippen LogP contribution is -2.41. The number of nitrogens with one attached hydrogen (secondary N) is 1. The standard InChI is InChI=1S/C14H24N2O/c1-16-11-5-8-13(16)14(17)15-10-9-12-6-3-2-4-7-12/h6,13H,2-5,7-11H2,1H3,(H,15,17). The molecule has 2 rings (SSSR count). The van der Waals surface area contributed by atoms with Crippen molar-refractivity contribution in [1.29, 1.82) is 0 Å². The lowest BCUT2D eigenvalue weighted by Gasteiger charge is -2.19. The van der Waals surface area contributed by atoms with Crippen LogP contribution in [0.1, 0.15) is 44.9 Å². The molecule has 1 unspecified atom stereocenters. The molecule has 1 heterocycles. The first-order chi connectivity index (χ1) is 8.27. The molecule has 1 fully saturated rings. The van der Waals surface area contributed by atoms with Crippen LogP contribution in [0, 0.1) is 0 Å². The zero-order chi connectivity index (χ0) is 12.1. The average Bonchev–Trinajstić information content (AvgIpc) is 2.77. The maximum absolute atomic E-state index is 11.9. The topological polar surface area (TPSA) is 32.3 Å². The van der Waals surface area contributed by atoms with Crippen LogP contribution in [0.25, 0.3) is 0 Å². The molecule has 3 nitrogen and oxygen atoms in total. The van der Waals surface area contributed by atoms with Gasteiger partial charge in [-0.05, 0) is 58.5 Å². The normalized spacial score (nSPS) is 25.7. The molecule has 0 saturated carbocycles. The van der Waals surface area contributed by atoms with Crippen LogP contribution in [-0.4, -0.2) is 37.0 Å². The van der Waals surface area contributed by atoms with E-state index in [1.54, 1.807) is 0 Å². The zero-order valence-corrected chi connectivity index (χ0v) is 10.9. The smallest absolute Gasteiger partial charge is 0.237 e. The Morgan fingerprint density at radius 1 is 1.47 bits per heavy atom. The number of rotatable bonds is 4. The Hall–Kier alpha value is -0.830. The van der Waals surface area contributed by atoms with Crippen molar-refractivity contribution in [3.63, 3.8) is 0 Å². The van der Waals surface area contributed by atoms with Crippen molar-refractivity contribution in [2.24, 2.45) is 0 Å². The van der Waals surface area contributed by atoms with Gasteiger partial charge in [-0.25, -0.2) is 0 Å². The molecule has 1 amide bonds. The molecule has 0 aromatic heterocycles. The number of hydrogen-bond donors (Lipinski definition) is 1. The molecule has 1 aliphatic heterocycles. The Bertz CT molecular complexity index is 299. The second kappa shape index (κ2) is 6.20. The summed E-state index contributed by atoms with van der Waals surface area (Å²) in [6.07, 6.45) is 10.7. The molecule has 1 atom stereocenters. The highest BCUT2D eigenvalue weighted by molar-refractivity contribution is 5.81. The predicted octanol–water partition coefficient (Wildman–Crippen LogP) is 2.09. The first kappa shape index (κ1) is 12.6. The van der Waals surface area contributed by atoms with E-state index in [0.29, 0.717) is 0 Å². The van der Waals surface area contributed by atoms with Crippen LogP contribution in [0.4, 0.5) is 0 Å². The largest absolute Gasteiger partial charge is 0.354 e. The Morgan fingerprint density at radius 3 is 3.00 bits per heavy atom. The zero-order valence-electron chi connectivity index (χ0n) is 10.9. The van der Waals surface area contributed by atoms with Crippen LogP contribution < -0.4 is 5.32 Å². The molecule has 96 valence electrons. The summed E-state index contributed by atoms with van der Waals surface area (Å²) in [6, 6.07) is 0.121. The van der Waals surface area contributed by atoms with Crippen LogP contribution in [0.3, 0.4) is 0 Å². The van der Waals surface area contributed by atoms with Crippen LogP contribution in [-0.2, 0) is 4.79 Å². The van der Waals surface area contributed by atoms with Crippen molar-refractivity contribution in [2.75, 3.05) is 20.1 Å². The highest BCUT2D eigenvalue weighted by Gasteiger charge is 2.27. The van der Waals surface area contributed by atoms with Crippen LogP contribution >= 0.6 is 0 Å². The molecule has 0 bridgehead atoms. The van der Waals surface area contributed by atoms with E-state index in [0.717, 1.165) is 32.4 Å². The third-order valence-corrected chi connectivity index (χ3v) is 3.95. The summed E-state index contributed by atoms with van der Waals surface area (Å²) in [4.78, 5) is 14.1. The Balaban J connectivity index is 1.67. The fourth-order valence-electron chi connectivity index (χ4n) is 2.84. The lowest BCUT2D eigenvalue weighted by atomic mass is 9.97. The van der Waals surface area contributed by atoms with Gasteiger partial charge in [-0.15, -0.1) is 0 Å². The number of hydrogen-bond acceptors (Lipinski definition) is 2. The average molecular weight is 236 g/mol. The van der Waals surface area contributed by atoms with Crippen molar-refractivity contribution in [3.8, 4) is 0 Å². The van der Waals surface area contributed by atoms with E-state index in [-0.39, 0.29) is 11.9 Å². The summed E-state index contributed by atoms with van der Waals surface area (Å²) in [5.41, 5.74) is 1.54. The second-order valence-corrected chi connectivity index (χ2v) is 5.29. The van der Waals surface area contributed by atoms with Crippen molar-refractivity contribution in [2.45, 2.75) is 51.0 Å². The summed E-state index contributed by atoms with van der Waals surface area (Å²) in [5.74, 6) is 0.224. The molecule has 3 heteroatoms. The monoisotopic (exact) mass is 236 g/mol. The summed E-state index contributed by atoms with van der Waals surface area (Å²) < 4.78 is 0. The number of nitrogens with zero attached hydrogens (tertiary/aromatic N) is 1. The first-order valence-corrected chi connectivity index (χ1v) is 6.93. The number of allylic oxidation sites excluding steroid dienone is 1. The maximum atomic E-state index is 11.9. The van der Waals surface area contributed by atoms with Gasteiger partial charge in [0.2, 0.25) is 5.91 Å². The van der Waals surface area contributed by atoms with E-state index in [4.69, 9.17) is 0 Å². The minimum absolute atomic E-state index is 0.121. The second-order valence-electron chi connectivity index (χ2n) is 5.29. The van der Waals surface area contributed by atoms with Crippen molar-refractivity contribution >= 4 is 5.91 Å². The minimum Gasteiger partial charge on any atom is -0.354 e. The molecule has 0 radical (unpaired) electrons. The SMILES string of the molecule is CN1CCCC1C(=O)NCCC1=CCCCC1. The Morgan fingerprint density at radius 2 is 2.35 bits per heavy atom. The predicted molar refractivity (Wildman–Crippen MR) is 69.8 cm³/mol. The van der Waals surface area contributed by atoms with Crippen LogP contribution in [0.2, 0.25) is 0 Å². The Labute approximate surface area is 104 Å². The number of likely N-dealkylation sites (N-methyl/N-ethyl adjacent to an activating group) is 1. The van der Waals surface area contributed by atoms with Gasteiger partial charge in [-0.3, -0.25) is 9.69 Å². The number of carbonyl (C=O) groups excluding carboxylic acids is 1. The van der Waals surface area contributed by atoms with Gasteiger partial charge in [-0.1, -0.05) is 11.6 Å². The van der Waals surface area contributed by atoms with Gasteiger partial charge in [0.1, 0.15) is 0 Å². The number of carbonyl (C=O) groups is 1. The molecule has 0 aromatic carbocycles. The minimum atomic E-state index is 0.121. The van der Waals surface area contributed by atoms with E-state index in [2.05, 4.69) is 16.3 Å². The van der Waals surface area contributed by atoms with E-state index in [1.165, 1.54) is 31.3 Å². The molecule has 1 aliphatic carbocycles. The van der Waals surface area contributed by atoms with Crippen LogP contribution in [0.15, 0.2) is 11.6 Å². The molecule has 0 aromatic rings. The molecular formula is C14H24N2O. The summed E-state index contributed by atoms with van der Waals surface area (Å²) >= 11 is 0. The Kier molecular flexibility index (Phi) is 4.60. The van der Waals surface area contributed by atoms with Gasteiger partial charge in [-0.2, -0.15) is 0 Å². The van der Waals surface area contributed by atoms with Crippen molar-refractivity contribution in [3.05, 3.63) is 11.6 Å². The molecule has 1 saturated heterocycles. The summed E-state index contributed by atoms with van der Waals surface area (Å²) in [5, 5.41) is 3.08. The molecular weight excluding hydrogens is 212 g/mol. The summed E-state index contributed by atoms with van der Waals surface area (Å²) in [6.45, 7) is 1.87. The molecule has 2 aliphatic rings. The van der Waals surface area contributed by atoms with Gasteiger partial charge in [0, 0.05) is 6.54 Å². The summed E-state index contributed by atoms with van der Waals surface area (Å²) in [7, 11) is 2.04. The first-order valence-electron chi connectivity index (χ1n) is 6.93. The quantitative estimate of drug-likeness (QED) is 0.758. The third kappa shape index (κ3) is 3.56. The fourth-order valence-corrected chi connectivity index (χ4v) is 2.84. The number of amides is 1. The maximum Gasteiger partial charge on any atom is 0.237 e. The van der Waals surface area contributed by atoms with Crippen molar-refractivity contribution < 1.29 is 4.79 Å². The van der Waals surface area contributed by atoms with E-state index >= 15 is 0 Å². The highest BCUT2D eigenvalue weighted by atomic mass is 16.2. The lowest BCUT2D eigenvalue weighted by molar-refractivity contribution is -0.125. The van der Waals surface area contributed by atoms with Crippen LogP contribution in [0.5, 0.6) is 0 Å². The third-order valence-electron chi connectivity index (χ3n) is 3.95. The van der Waals surface area contributed by atoms with E-state index < -0.39 is 0 Å². The molecule has 1 N–H and O–H groups in total. The van der Waals surface area contributed by atoms with Gasteiger partial charge in [0.25, 0.3) is 0 Å². The van der Waals surface area contributed by atoms with Gasteiger partial charge in [0.15, 0.2) is 0 Å². The van der Waals surface area contributed by atoms with E-state index in [1.807, 2.05) is 7.05 Å². The van der Waals surface area contributed by atoms with Gasteiger partial charge < -0.3 is 5.32 Å². The molecule has 0 spiro atoms. The molecule has 17 heavy (non-hydrogen) atoms.